The SMILES string of the molecule is COc1cc(-c2nn(-c3ccc(F)c(N(C)C(=O)/C=C/CN(C)C)c3)c3ncnc(N)c23)ccc1C. The van der Waals surface area contributed by atoms with Crippen molar-refractivity contribution in [2.45, 2.75) is 6.92 Å². The standard InChI is InChI=1S/C26H28FN7O2/c1-16-8-9-17(13-21(16)36-5)24-23-25(28)29-15-30-26(23)34(31-24)18-10-11-19(27)20(14-18)33(4)22(35)7-6-12-32(2)3/h6-11,13-15H,12H2,1-5H3,(H2,28,29,30)/b7-6+. The Morgan fingerprint density at radius 1 is 1.17 bits per heavy atom. The van der Waals surface area contributed by atoms with Crippen LogP contribution in [0.3, 0.4) is 0 Å². The monoisotopic (exact) mass is 489 g/mol. The molecule has 2 N–H and O–H groups in total. The number of carbonyl (C=O) groups is 1. The summed E-state index contributed by atoms with van der Waals surface area (Å²) in [4.78, 5) is 24.4. The molecule has 0 atom stereocenters. The van der Waals surface area contributed by atoms with Crippen molar-refractivity contribution in [3.05, 3.63) is 66.3 Å². The minimum absolute atomic E-state index is 0.108. The second kappa shape index (κ2) is 10.1. The molecule has 0 aliphatic rings. The number of hydrogen-bond acceptors (Lipinski definition) is 7. The van der Waals surface area contributed by atoms with Crippen molar-refractivity contribution in [2.75, 3.05) is 45.4 Å². The van der Waals surface area contributed by atoms with Gasteiger partial charge < -0.3 is 20.3 Å². The van der Waals surface area contributed by atoms with Gasteiger partial charge in [-0.2, -0.15) is 5.10 Å². The van der Waals surface area contributed by atoms with Crippen LogP contribution in [0.2, 0.25) is 0 Å². The molecule has 0 aliphatic carbocycles. The number of aryl methyl sites for hydroxylation is 1. The van der Waals surface area contributed by atoms with Crippen LogP contribution in [-0.4, -0.2) is 65.4 Å². The molecule has 10 heteroatoms. The molecule has 0 fully saturated rings. The average Bonchev–Trinajstić information content (AvgIpc) is 3.25. The van der Waals surface area contributed by atoms with Gasteiger partial charge in [-0.25, -0.2) is 19.0 Å². The maximum atomic E-state index is 14.8. The van der Waals surface area contributed by atoms with Gasteiger partial charge in [-0.3, -0.25) is 4.79 Å². The van der Waals surface area contributed by atoms with Gasteiger partial charge >= 0.3 is 0 Å². The van der Waals surface area contributed by atoms with Crippen molar-refractivity contribution in [2.24, 2.45) is 0 Å². The van der Waals surface area contributed by atoms with E-state index in [2.05, 4.69) is 9.97 Å². The third kappa shape index (κ3) is 4.76. The van der Waals surface area contributed by atoms with Crippen molar-refractivity contribution in [1.82, 2.24) is 24.6 Å². The van der Waals surface area contributed by atoms with E-state index in [-0.39, 0.29) is 17.4 Å². The molecule has 0 saturated carbocycles. The number of hydrogen-bond donors (Lipinski definition) is 1. The highest BCUT2D eigenvalue weighted by molar-refractivity contribution is 6.02. The van der Waals surface area contributed by atoms with Gasteiger partial charge in [0.1, 0.15) is 29.4 Å². The van der Waals surface area contributed by atoms with Crippen molar-refractivity contribution in [3.8, 4) is 22.7 Å². The molecule has 0 bridgehead atoms. The van der Waals surface area contributed by atoms with Crippen LogP contribution in [0.15, 0.2) is 54.9 Å². The van der Waals surface area contributed by atoms with E-state index in [0.29, 0.717) is 34.7 Å². The van der Waals surface area contributed by atoms with Crippen LogP contribution >= 0.6 is 0 Å². The normalized spacial score (nSPS) is 11.5. The third-order valence-electron chi connectivity index (χ3n) is 5.77. The van der Waals surface area contributed by atoms with Gasteiger partial charge in [0.05, 0.1) is 23.9 Å². The maximum Gasteiger partial charge on any atom is 0.250 e. The summed E-state index contributed by atoms with van der Waals surface area (Å²) in [5.41, 5.74) is 9.61. The number of nitrogens with zero attached hydrogens (tertiary/aromatic N) is 6. The number of carbonyl (C=O) groups excluding carboxylic acids is 1. The number of fused-ring (bicyclic) bond motifs is 1. The number of ether oxygens (including phenoxy) is 1. The second-order valence-corrected chi connectivity index (χ2v) is 8.60. The lowest BCUT2D eigenvalue weighted by Crippen LogP contribution is -2.25. The largest absolute Gasteiger partial charge is 0.496 e. The van der Waals surface area contributed by atoms with Crippen LogP contribution in [0.25, 0.3) is 28.0 Å². The number of likely N-dealkylation sites (N-methyl/N-ethyl adjacent to an activating group) is 2. The molecule has 2 aromatic heterocycles. The molecule has 0 unspecified atom stereocenters. The average molecular weight is 490 g/mol. The lowest BCUT2D eigenvalue weighted by Gasteiger charge is -2.17. The van der Waals surface area contributed by atoms with Crippen LogP contribution in [0, 0.1) is 12.7 Å². The van der Waals surface area contributed by atoms with E-state index in [1.807, 2.05) is 44.1 Å². The van der Waals surface area contributed by atoms with E-state index in [9.17, 15) is 9.18 Å². The predicted molar refractivity (Wildman–Crippen MR) is 139 cm³/mol. The number of halogens is 1. The molecule has 186 valence electrons. The van der Waals surface area contributed by atoms with Crippen LogP contribution in [0.5, 0.6) is 5.75 Å². The molecule has 36 heavy (non-hydrogen) atoms. The minimum Gasteiger partial charge on any atom is -0.496 e. The summed E-state index contributed by atoms with van der Waals surface area (Å²) >= 11 is 0. The minimum atomic E-state index is -0.537. The molecule has 9 nitrogen and oxygen atoms in total. The first-order chi connectivity index (χ1) is 17.2. The number of rotatable bonds is 7. The first-order valence-corrected chi connectivity index (χ1v) is 11.2. The van der Waals surface area contributed by atoms with Gasteiger partial charge in [0, 0.05) is 25.2 Å². The summed E-state index contributed by atoms with van der Waals surface area (Å²) in [6.07, 6.45) is 4.50. The fourth-order valence-corrected chi connectivity index (χ4v) is 3.81. The summed E-state index contributed by atoms with van der Waals surface area (Å²) in [5, 5.41) is 5.33. The summed E-state index contributed by atoms with van der Waals surface area (Å²) in [6.45, 7) is 2.54. The third-order valence-corrected chi connectivity index (χ3v) is 5.77. The van der Waals surface area contributed by atoms with Crippen LogP contribution in [0.1, 0.15) is 5.56 Å². The van der Waals surface area contributed by atoms with Crippen LogP contribution in [-0.2, 0) is 4.79 Å². The molecule has 2 heterocycles. The molecule has 0 radical (unpaired) electrons. The zero-order valence-electron chi connectivity index (χ0n) is 20.9. The molecule has 0 saturated heterocycles. The Balaban J connectivity index is 1.82. The van der Waals surface area contributed by atoms with Gasteiger partial charge in [-0.15, -0.1) is 0 Å². The fraction of sp³-hybridized carbons (Fsp3) is 0.231. The molecule has 2 aromatic carbocycles. The quantitative estimate of drug-likeness (QED) is 0.396. The first-order valence-electron chi connectivity index (χ1n) is 11.2. The Hall–Kier alpha value is -4.31. The number of methoxy groups -OCH3 is 1. The zero-order chi connectivity index (χ0) is 26.0. The summed E-state index contributed by atoms with van der Waals surface area (Å²) < 4.78 is 21.8. The van der Waals surface area contributed by atoms with E-state index in [1.54, 1.807) is 30.0 Å². The maximum absolute atomic E-state index is 14.8. The smallest absolute Gasteiger partial charge is 0.250 e. The summed E-state index contributed by atoms with van der Waals surface area (Å²) in [6, 6.07) is 10.1. The number of nitrogen functional groups attached to an aromatic ring is 1. The molecule has 4 rings (SSSR count). The molecular weight excluding hydrogens is 461 g/mol. The predicted octanol–water partition coefficient (Wildman–Crippen LogP) is 3.60. The van der Waals surface area contributed by atoms with Crippen molar-refractivity contribution in [1.29, 1.82) is 0 Å². The van der Waals surface area contributed by atoms with Crippen LogP contribution < -0.4 is 15.4 Å². The van der Waals surface area contributed by atoms with E-state index in [4.69, 9.17) is 15.6 Å². The molecule has 0 spiro atoms. The van der Waals surface area contributed by atoms with Crippen molar-refractivity contribution < 1.29 is 13.9 Å². The van der Waals surface area contributed by atoms with Crippen molar-refractivity contribution >= 4 is 28.4 Å². The van der Waals surface area contributed by atoms with Gasteiger partial charge in [0.2, 0.25) is 0 Å². The number of aromatic nitrogens is 4. The Labute approximate surface area is 208 Å². The lowest BCUT2D eigenvalue weighted by molar-refractivity contribution is -0.113. The lowest BCUT2D eigenvalue weighted by atomic mass is 10.1. The fourth-order valence-electron chi connectivity index (χ4n) is 3.81. The van der Waals surface area contributed by atoms with Crippen molar-refractivity contribution in [3.63, 3.8) is 0 Å². The van der Waals surface area contributed by atoms with Gasteiger partial charge in [0.25, 0.3) is 5.91 Å². The summed E-state index contributed by atoms with van der Waals surface area (Å²) in [5.74, 6) is 0.0838. The Morgan fingerprint density at radius 3 is 2.67 bits per heavy atom. The molecule has 0 aliphatic heterocycles. The highest BCUT2D eigenvalue weighted by Gasteiger charge is 2.21. The number of nitrogens with two attached hydrogens (primary N) is 1. The highest BCUT2D eigenvalue weighted by atomic mass is 19.1. The highest BCUT2D eigenvalue weighted by Crippen LogP contribution is 2.35. The first kappa shape index (κ1) is 24.8. The number of amides is 1. The van der Waals surface area contributed by atoms with E-state index in [1.165, 1.54) is 30.4 Å². The van der Waals surface area contributed by atoms with Crippen LogP contribution in [0.4, 0.5) is 15.9 Å². The van der Waals surface area contributed by atoms with Gasteiger partial charge in [0.15, 0.2) is 5.65 Å². The number of benzene rings is 2. The topological polar surface area (TPSA) is 102 Å². The van der Waals surface area contributed by atoms with Gasteiger partial charge in [-0.05, 0) is 50.8 Å². The van der Waals surface area contributed by atoms with E-state index in [0.717, 1.165) is 11.1 Å². The van der Waals surface area contributed by atoms with Gasteiger partial charge in [-0.1, -0.05) is 18.2 Å². The molecular formula is C26H28FN7O2. The molecule has 1 amide bonds. The Morgan fingerprint density at radius 2 is 1.94 bits per heavy atom. The van der Waals surface area contributed by atoms with E-state index >= 15 is 0 Å². The molecule has 4 aromatic rings. The van der Waals surface area contributed by atoms with E-state index < -0.39 is 5.82 Å². The zero-order valence-corrected chi connectivity index (χ0v) is 20.9. The number of anilines is 2. The Bertz CT molecular complexity index is 1460. The Kier molecular flexibility index (Phi) is 6.98. The summed E-state index contributed by atoms with van der Waals surface area (Å²) in [7, 11) is 6.92. The second-order valence-electron chi connectivity index (χ2n) is 8.60.